The lowest BCUT2D eigenvalue weighted by Crippen LogP contribution is -2.24. The van der Waals surface area contributed by atoms with Gasteiger partial charge in [-0.3, -0.25) is 4.79 Å². The van der Waals surface area contributed by atoms with Crippen molar-refractivity contribution in [1.29, 1.82) is 0 Å². The Hall–Kier alpha value is -1.52. The maximum atomic E-state index is 10.7. The number of unbranched alkanes of at least 4 members (excludes halogenated alkanes) is 1. The van der Waals surface area contributed by atoms with Gasteiger partial charge in [-0.15, -0.1) is 0 Å². The summed E-state index contributed by atoms with van der Waals surface area (Å²) < 4.78 is 2.01. The van der Waals surface area contributed by atoms with E-state index in [1.54, 1.807) is 6.20 Å². The number of hydrogen-bond acceptors (Lipinski definition) is 3. The van der Waals surface area contributed by atoms with Gasteiger partial charge in [0.25, 0.3) is 0 Å². The van der Waals surface area contributed by atoms with Crippen LogP contribution in [-0.4, -0.2) is 28.5 Å². The van der Waals surface area contributed by atoms with E-state index < -0.39 is 0 Å². The predicted molar refractivity (Wildman–Crippen MR) is 64.3 cm³/mol. The smallest absolute Gasteiger partial charge is 0.216 e. The lowest BCUT2D eigenvalue weighted by Gasteiger charge is -2.09. The van der Waals surface area contributed by atoms with Crippen LogP contribution in [0.1, 0.15) is 26.7 Å². The molecule has 1 aromatic heterocycles. The van der Waals surface area contributed by atoms with Crippen molar-refractivity contribution >= 4 is 11.9 Å². The third-order valence-electron chi connectivity index (χ3n) is 2.26. The van der Waals surface area contributed by atoms with Crippen molar-refractivity contribution in [2.45, 2.75) is 33.2 Å². The molecule has 0 spiro atoms. The van der Waals surface area contributed by atoms with Crippen molar-refractivity contribution in [3.63, 3.8) is 0 Å². The van der Waals surface area contributed by atoms with Crippen LogP contribution in [0, 0.1) is 0 Å². The monoisotopic (exact) mass is 224 g/mol. The minimum Gasteiger partial charge on any atom is -0.356 e. The molecular formula is C11H20N4O. The lowest BCUT2D eigenvalue weighted by molar-refractivity contribution is -0.118. The summed E-state index contributed by atoms with van der Waals surface area (Å²) in [5.74, 6) is 0.874. The summed E-state index contributed by atoms with van der Waals surface area (Å²) in [6, 6.07) is 0. The number of rotatable bonds is 7. The van der Waals surface area contributed by atoms with Crippen LogP contribution in [0.3, 0.4) is 0 Å². The molecule has 0 saturated carbocycles. The summed E-state index contributed by atoms with van der Waals surface area (Å²) in [6.07, 6.45) is 5.98. The van der Waals surface area contributed by atoms with Gasteiger partial charge in [0.2, 0.25) is 11.9 Å². The molecule has 2 N–H and O–H groups in total. The average molecular weight is 224 g/mol. The van der Waals surface area contributed by atoms with Gasteiger partial charge in [0.1, 0.15) is 0 Å². The van der Waals surface area contributed by atoms with Crippen molar-refractivity contribution in [2.75, 3.05) is 18.4 Å². The Kier molecular flexibility index (Phi) is 5.39. The number of nitrogens with one attached hydrogen (secondary N) is 2. The molecule has 5 nitrogen and oxygen atoms in total. The fourth-order valence-electron chi connectivity index (χ4n) is 1.39. The van der Waals surface area contributed by atoms with E-state index in [-0.39, 0.29) is 5.91 Å². The van der Waals surface area contributed by atoms with E-state index in [2.05, 4.69) is 22.5 Å². The molecule has 1 aromatic rings. The van der Waals surface area contributed by atoms with Crippen LogP contribution in [-0.2, 0) is 11.3 Å². The fourth-order valence-corrected chi connectivity index (χ4v) is 1.39. The number of carbonyl (C=O) groups excluding carboxylic acids is 1. The maximum Gasteiger partial charge on any atom is 0.216 e. The first kappa shape index (κ1) is 12.5. The van der Waals surface area contributed by atoms with E-state index in [1.165, 1.54) is 13.3 Å². The normalized spacial score (nSPS) is 10.1. The molecule has 1 rings (SSSR count). The van der Waals surface area contributed by atoms with Gasteiger partial charge in [-0.25, -0.2) is 4.98 Å². The van der Waals surface area contributed by atoms with Crippen molar-refractivity contribution in [1.82, 2.24) is 14.9 Å². The number of aromatic nitrogens is 2. The first-order chi connectivity index (χ1) is 7.74. The molecule has 0 aliphatic carbocycles. The molecule has 0 fully saturated rings. The highest BCUT2D eigenvalue weighted by Crippen LogP contribution is 2.03. The Balaban J connectivity index is 2.34. The van der Waals surface area contributed by atoms with Gasteiger partial charge in [-0.1, -0.05) is 13.3 Å². The molecule has 1 heterocycles. The van der Waals surface area contributed by atoms with E-state index in [0.717, 1.165) is 25.5 Å². The molecule has 0 atom stereocenters. The van der Waals surface area contributed by atoms with Crippen LogP contribution in [0.2, 0.25) is 0 Å². The van der Waals surface area contributed by atoms with Gasteiger partial charge in [0.15, 0.2) is 0 Å². The van der Waals surface area contributed by atoms with Crippen LogP contribution in [0.15, 0.2) is 12.4 Å². The Morgan fingerprint density at radius 3 is 3.00 bits per heavy atom. The molecule has 0 aliphatic heterocycles. The third-order valence-corrected chi connectivity index (χ3v) is 2.26. The molecule has 0 aromatic carbocycles. The lowest BCUT2D eigenvalue weighted by atomic mass is 10.3. The third kappa shape index (κ3) is 4.33. The number of anilines is 1. The number of amides is 1. The first-order valence-corrected chi connectivity index (χ1v) is 5.73. The van der Waals surface area contributed by atoms with Gasteiger partial charge in [-0.05, 0) is 6.42 Å². The Labute approximate surface area is 96.3 Å². The summed E-state index contributed by atoms with van der Waals surface area (Å²) in [5, 5.41) is 6.03. The highest BCUT2D eigenvalue weighted by molar-refractivity contribution is 5.72. The summed E-state index contributed by atoms with van der Waals surface area (Å²) in [5.41, 5.74) is 0. The molecule has 90 valence electrons. The highest BCUT2D eigenvalue weighted by Gasteiger charge is 2.01. The molecule has 5 heteroatoms. The molecule has 0 radical (unpaired) electrons. The van der Waals surface area contributed by atoms with Crippen molar-refractivity contribution in [3.05, 3.63) is 12.4 Å². The Morgan fingerprint density at radius 2 is 2.31 bits per heavy atom. The maximum absolute atomic E-state index is 10.7. The molecule has 0 bridgehead atoms. The largest absolute Gasteiger partial charge is 0.356 e. The minimum absolute atomic E-state index is 0.000562. The average Bonchev–Trinajstić information content (AvgIpc) is 2.66. The van der Waals surface area contributed by atoms with Crippen molar-refractivity contribution < 1.29 is 4.79 Å². The van der Waals surface area contributed by atoms with E-state index in [4.69, 9.17) is 0 Å². The second-order valence-electron chi connectivity index (χ2n) is 3.71. The quantitative estimate of drug-likeness (QED) is 0.685. The number of nitrogens with zero attached hydrogens (tertiary/aromatic N) is 2. The van der Waals surface area contributed by atoms with Gasteiger partial charge < -0.3 is 15.2 Å². The van der Waals surface area contributed by atoms with Crippen LogP contribution in [0.5, 0.6) is 0 Å². The van der Waals surface area contributed by atoms with E-state index >= 15 is 0 Å². The van der Waals surface area contributed by atoms with Crippen LogP contribution in [0.25, 0.3) is 0 Å². The summed E-state index contributed by atoms with van der Waals surface area (Å²) in [4.78, 5) is 14.9. The molecule has 0 unspecified atom stereocenters. The Bertz CT molecular complexity index is 322. The Morgan fingerprint density at radius 1 is 1.50 bits per heavy atom. The molecule has 0 aliphatic rings. The second kappa shape index (κ2) is 6.87. The number of carbonyl (C=O) groups is 1. The SMILES string of the molecule is CCCCNc1nccn1CCNC(C)=O. The summed E-state index contributed by atoms with van der Waals surface area (Å²) in [6.45, 7) is 6.00. The van der Waals surface area contributed by atoms with E-state index in [0.29, 0.717) is 6.54 Å². The zero-order chi connectivity index (χ0) is 11.8. The van der Waals surface area contributed by atoms with Crippen molar-refractivity contribution in [3.8, 4) is 0 Å². The zero-order valence-corrected chi connectivity index (χ0v) is 9.99. The molecule has 1 amide bonds. The number of hydrogen-bond donors (Lipinski definition) is 2. The number of imidazole rings is 1. The summed E-state index contributed by atoms with van der Waals surface area (Å²) >= 11 is 0. The van der Waals surface area contributed by atoms with Crippen LogP contribution < -0.4 is 10.6 Å². The first-order valence-electron chi connectivity index (χ1n) is 5.73. The highest BCUT2D eigenvalue weighted by atomic mass is 16.1. The second-order valence-corrected chi connectivity index (χ2v) is 3.71. The zero-order valence-electron chi connectivity index (χ0n) is 9.99. The van der Waals surface area contributed by atoms with Gasteiger partial charge >= 0.3 is 0 Å². The van der Waals surface area contributed by atoms with Gasteiger partial charge in [-0.2, -0.15) is 0 Å². The fraction of sp³-hybridized carbons (Fsp3) is 0.636. The summed E-state index contributed by atoms with van der Waals surface area (Å²) in [7, 11) is 0. The molecular weight excluding hydrogens is 204 g/mol. The molecule has 0 saturated heterocycles. The van der Waals surface area contributed by atoms with E-state index in [1.807, 2.05) is 10.8 Å². The predicted octanol–water partition coefficient (Wildman–Crippen LogP) is 1.23. The standard InChI is InChI=1S/C11H20N4O/c1-3-4-5-13-11-14-7-9-15(11)8-6-12-10(2)16/h7,9H,3-6,8H2,1-2H3,(H,12,16)(H,13,14). The van der Waals surface area contributed by atoms with Gasteiger partial charge in [0, 0.05) is 39.0 Å². The van der Waals surface area contributed by atoms with Crippen LogP contribution >= 0.6 is 0 Å². The molecule has 16 heavy (non-hydrogen) atoms. The topological polar surface area (TPSA) is 59.0 Å². The van der Waals surface area contributed by atoms with Gasteiger partial charge in [0.05, 0.1) is 0 Å². The van der Waals surface area contributed by atoms with Crippen molar-refractivity contribution in [2.24, 2.45) is 0 Å². The van der Waals surface area contributed by atoms with E-state index in [9.17, 15) is 4.79 Å². The minimum atomic E-state index is 0.000562. The van der Waals surface area contributed by atoms with Crippen LogP contribution in [0.4, 0.5) is 5.95 Å².